The summed E-state index contributed by atoms with van der Waals surface area (Å²) in [4.78, 5) is 19.4. The molecule has 1 aliphatic rings. The van der Waals surface area contributed by atoms with Crippen molar-refractivity contribution < 1.29 is 0 Å². The number of piperidine rings is 1. The second kappa shape index (κ2) is 7.26. The molecule has 1 atom stereocenters. The highest BCUT2D eigenvalue weighted by molar-refractivity contribution is 5.29. The Kier molecular flexibility index (Phi) is 4.90. The first-order valence-corrected chi connectivity index (χ1v) is 7.84. The fourth-order valence-electron chi connectivity index (χ4n) is 2.91. The molecule has 0 aromatic carbocycles. The lowest BCUT2D eigenvalue weighted by atomic mass is 10.0. The number of anilines is 1. The lowest BCUT2D eigenvalue weighted by molar-refractivity contribution is 0.372. The van der Waals surface area contributed by atoms with Gasteiger partial charge in [0.2, 0.25) is 5.95 Å². The van der Waals surface area contributed by atoms with E-state index in [0.29, 0.717) is 12.1 Å². The number of hydrogen-bond donors (Lipinski definition) is 1. The van der Waals surface area contributed by atoms with Gasteiger partial charge in [-0.3, -0.25) is 9.97 Å². The van der Waals surface area contributed by atoms with Crippen LogP contribution in [0.15, 0.2) is 37.1 Å². The highest BCUT2D eigenvalue weighted by atomic mass is 15.3. The first-order valence-electron chi connectivity index (χ1n) is 7.84. The molecule has 3 heterocycles. The SMILES string of the molecule is C[C@@H](Cc1cnccn1)NC1CCN(c2ncccn2)CC1. The lowest BCUT2D eigenvalue weighted by Crippen LogP contribution is -2.46. The van der Waals surface area contributed by atoms with Crippen molar-refractivity contribution in [1.82, 2.24) is 25.3 Å². The summed E-state index contributed by atoms with van der Waals surface area (Å²) in [6.07, 6.45) is 12.0. The second-order valence-corrected chi connectivity index (χ2v) is 5.78. The standard InChI is InChI=1S/C16H22N6/c1-13(11-15-12-17-7-8-18-15)21-14-3-9-22(10-4-14)16-19-5-2-6-20-16/h2,5-8,12-14,21H,3-4,9-11H2,1H3/t13-/m0/s1. The van der Waals surface area contributed by atoms with Gasteiger partial charge < -0.3 is 10.2 Å². The predicted molar refractivity (Wildman–Crippen MR) is 85.6 cm³/mol. The fraction of sp³-hybridized carbons (Fsp3) is 0.500. The van der Waals surface area contributed by atoms with Crippen molar-refractivity contribution in [2.45, 2.75) is 38.3 Å². The molecule has 0 unspecified atom stereocenters. The molecule has 1 fully saturated rings. The summed E-state index contributed by atoms with van der Waals surface area (Å²) in [6.45, 7) is 4.21. The van der Waals surface area contributed by atoms with Crippen LogP contribution in [0.3, 0.4) is 0 Å². The Hall–Kier alpha value is -2.08. The second-order valence-electron chi connectivity index (χ2n) is 5.78. The van der Waals surface area contributed by atoms with Gasteiger partial charge >= 0.3 is 0 Å². The highest BCUT2D eigenvalue weighted by Gasteiger charge is 2.21. The molecule has 0 saturated carbocycles. The molecule has 0 radical (unpaired) electrons. The van der Waals surface area contributed by atoms with Crippen molar-refractivity contribution in [3.63, 3.8) is 0 Å². The number of nitrogens with zero attached hydrogens (tertiary/aromatic N) is 5. The van der Waals surface area contributed by atoms with Crippen molar-refractivity contribution in [1.29, 1.82) is 0 Å². The zero-order chi connectivity index (χ0) is 15.2. The smallest absolute Gasteiger partial charge is 0.225 e. The molecule has 0 amide bonds. The third-order valence-corrected chi connectivity index (χ3v) is 3.98. The van der Waals surface area contributed by atoms with Gasteiger partial charge in [-0.25, -0.2) is 9.97 Å². The Morgan fingerprint density at radius 3 is 2.59 bits per heavy atom. The van der Waals surface area contributed by atoms with Crippen molar-refractivity contribution in [3.05, 3.63) is 42.7 Å². The van der Waals surface area contributed by atoms with Crippen molar-refractivity contribution >= 4 is 5.95 Å². The average Bonchev–Trinajstić information content (AvgIpc) is 2.57. The normalized spacial score (nSPS) is 17.4. The molecule has 2 aromatic rings. The summed E-state index contributed by atoms with van der Waals surface area (Å²) in [5, 5.41) is 3.70. The van der Waals surface area contributed by atoms with Gasteiger partial charge in [0.05, 0.1) is 5.69 Å². The number of rotatable bonds is 5. The predicted octanol–water partition coefficient (Wildman–Crippen LogP) is 1.46. The Bertz CT molecular complexity index is 553. The molecule has 0 bridgehead atoms. The molecular formula is C16H22N6. The summed E-state index contributed by atoms with van der Waals surface area (Å²) in [5.41, 5.74) is 1.04. The first kappa shape index (κ1) is 14.8. The van der Waals surface area contributed by atoms with Crippen LogP contribution in [0, 0.1) is 0 Å². The molecule has 0 aliphatic carbocycles. The molecule has 2 aromatic heterocycles. The molecular weight excluding hydrogens is 276 g/mol. The van der Waals surface area contributed by atoms with Gasteiger partial charge in [-0.1, -0.05) is 0 Å². The Balaban J connectivity index is 1.46. The lowest BCUT2D eigenvalue weighted by Gasteiger charge is -2.33. The van der Waals surface area contributed by atoms with Crippen LogP contribution in [0.25, 0.3) is 0 Å². The van der Waals surface area contributed by atoms with Crippen LogP contribution in [-0.4, -0.2) is 45.1 Å². The van der Waals surface area contributed by atoms with E-state index in [-0.39, 0.29) is 0 Å². The van der Waals surface area contributed by atoms with E-state index in [4.69, 9.17) is 0 Å². The monoisotopic (exact) mass is 298 g/mol. The van der Waals surface area contributed by atoms with Gasteiger partial charge in [-0.05, 0) is 25.8 Å². The summed E-state index contributed by atoms with van der Waals surface area (Å²) in [5.74, 6) is 0.841. The molecule has 22 heavy (non-hydrogen) atoms. The van der Waals surface area contributed by atoms with E-state index in [2.05, 4.69) is 37.1 Å². The fourth-order valence-corrected chi connectivity index (χ4v) is 2.91. The number of nitrogens with one attached hydrogen (secondary N) is 1. The van der Waals surface area contributed by atoms with Crippen molar-refractivity contribution in [3.8, 4) is 0 Å². The van der Waals surface area contributed by atoms with E-state index < -0.39 is 0 Å². The van der Waals surface area contributed by atoms with Crippen LogP contribution in [0.4, 0.5) is 5.95 Å². The van der Waals surface area contributed by atoms with E-state index in [0.717, 1.165) is 44.0 Å². The van der Waals surface area contributed by atoms with Crippen LogP contribution in [-0.2, 0) is 6.42 Å². The quantitative estimate of drug-likeness (QED) is 0.901. The zero-order valence-electron chi connectivity index (χ0n) is 12.9. The summed E-state index contributed by atoms with van der Waals surface area (Å²) < 4.78 is 0. The van der Waals surface area contributed by atoms with Crippen LogP contribution < -0.4 is 10.2 Å². The van der Waals surface area contributed by atoms with Gasteiger partial charge in [0.15, 0.2) is 0 Å². The Morgan fingerprint density at radius 2 is 1.91 bits per heavy atom. The highest BCUT2D eigenvalue weighted by Crippen LogP contribution is 2.16. The van der Waals surface area contributed by atoms with E-state index in [1.54, 1.807) is 24.8 Å². The molecule has 6 heteroatoms. The molecule has 1 N–H and O–H groups in total. The molecule has 1 aliphatic heterocycles. The molecule has 6 nitrogen and oxygen atoms in total. The molecule has 1 saturated heterocycles. The summed E-state index contributed by atoms with van der Waals surface area (Å²) >= 11 is 0. The minimum atomic E-state index is 0.404. The maximum atomic E-state index is 4.34. The topological polar surface area (TPSA) is 66.8 Å². The number of aromatic nitrogens is 4. The van der Waals surface area contributed by atoms with Crippen LogP contribution in [0.2, 0.25) is 0 Å². The minimum Gasteiger partial charge on any atom is -0.341 e. The Morgan fingerprint density at radius 1 is 1.14 bits per heavy atom. The maximum Gasteiger partial charge on any atom is 0.225 e. The van der Waals surface area contributed by atoms with Crippen molar-refractivity contribution in [2.24, 2.45) is 0 Å². The van der Waals surface area contributed by atoms with Gasteiger partial charge in [-0.2, -0.15) is 0 Å². The zero-order valence-corrected chi connectivity index (χ0v) is 12.9. The van der Waals surface area contributed by atoms with Crippen LogP contribution in [0.1, 0.15) is 25.5 Å². The largest absolute Gasteiger partial charge is 0.341 e. The third kappa shape index (κ3) is 3.98. The van der Waals surface area contributed by atoms with E-state index in [9.17, 15) is 0 Å². The first-order chi connectivity index (χ1) is 10.8. The average molecular weight is 298 g/mol. The van der Waals surface area contributed by atoms with Gasteiger partial charge in [0, 0.05) is 62.6 Å². The van der Waals surface area contributed by atoms with E-state index >= 15 is 0 Å². The molecule has 116 valence electrons. The maximum absolute atomic E-state index is 4.34. The third-order valence-electron chi connectivity index (χ3n) is 3.98. The summed E-state index contributed by atoms with van der Waals surface area (Å²) in [7, 11) is 0. The van der Waals surface area contributed by atoms with Crippen LogP contribution in [0.5, 0.6) is 0 Å². The summed E-state index contributed by atoms with van der Waals surface area (Å²) in [6, 6.07) is 2.80. The molecule has 3 rings (SSSR count). The van der Waals surface area contributed by atoms with Gasteiger partial charge in [-0.15, -0.1) is 0 Å². The Labute approximate surface area is 131 Å². The van der Waals surface area contributed by atoms with E-state index in [1.165, 1.54) is 0 Å². The van der Waals surface area contributed by atoms with Crippen molar-refractivity contribution in [2.75, 3.05) is 18.0 Å². The van der Waals surface area contributed by atoms with Gasteiger partial charge in [0.1, 0.15) is 0 Å². The minimum absolute atomic E-state index is 0.404. The molecule has 0 spiro atoms. The number of hydrogen-bond acceptors (Lipinski definition) is 6. The van der Waals surface area contributed by atoms with E-state index in [1.807, 2.05) is 12.3 Å². The van der Waals surface area contributed by atoms with Gasteiger partial charge in [0.25, 0.3) is 0 Å². The van der Waals surface area contributed by atoms with Crippen LogP contribution >= 0.6 is 0 Å².